The van der Waals surface area contributed by atoms with Crippen LogP contribution in [0, 0.1) is 0 Å². The third-order valence-corrected chi connectivity index (χ3v) is 3.29. The Bertz CT molecular complexity index is 642. The largest absolute Gasteiger partial charge is 0.489 e. The van der Waals surface area contributed by atoms with Gasteiger partial charge in [-0.3, -0.25) is 4.79 Å². The van der Waals surface area contributed by atoms with Crippen LogP contribution in [0.5, 0.6) is 5.75 Å². The molecule has 0 heterocycles. The number of carbonyl (C=O) groups is 1. The van der Waals surface area contributed by atoms with E-state index >= 15 is 0 Å². The van der Waals surface area contributed by atoms with Gasteiger partial charge in [-0.25, -0.2) is 0 Å². The van der Waals surface area contributed by atoms with Gasteiger partial charge in [-0.05, 0) is 44.0 Å². The molecule has 24 heavy (non-hydrogen) atoms. The third kappa shape index (κ3) is 6.05. The van der Waals surface area contributed by atoms with Crippen molar-refractivity contribution in [1.29, 1.82) is 0 Å². The molecule has 4 heteroatoms. The lowest BCUT2D eigenvalue weighted by molar-refractivity contribution is -0.157. The van der Waals surface area contributed by atoms with Crippen LogP contribution in [-0.4, -0.2) is 16.7 Å². The Balaban J connectivity index is 1.88. The molecule has 2 aromatic carbocycles. The monoisotopic (exact) mass is 328 g/mol. The van der Waals surface area contributed by atoms with Crippen LogP contribution in [0.3, 0.4) is 0 Å². The number of rotatable bonds is 6. The maximum atomic E-state index is 11.8. The van der Waals surface area contributed by atoms with Gasteiger partial charge < -0.3 is 14.6 Å². The summed E-state index contributed by atoms with van der Waals surface area (Å²) in [5.74, 6) is 0.298. The first-order valence-corrected chi connectivity index (χ1v) is 8.00. The van der Waals surface area contributed by atoms with Gasteiger partial charge in [0.15, 0.2) is 0 Å². The molecule has 0 aliphatic heterocycles. The minimum Gasteiger partial charge on any atom is -0.489 e. The number of ether oxygens (including phenoxy) is 2. The second-order valence-corrected chi connectivity index (χ2v) is 6.65. The first kappa shape index (κ1) is 18.0. The van der Waals surface area contributed by atoms with E-state index in [2.05, 4.69) is 0 Å². The molecule has 1 atom stereocenters. The highest BCUT2D eigenvalue weighted by Crippen LogP contribution is 2.22. The molecule has 2 aromatic rings. The molecule has 4 nitrogen and oxygen atoms in total. The Labute approximate surface area is 143 Å². The van der Waals surface area contributed by atoms with Crippen molar-refractivity contribution in [3.05, 3.63) is 65.7 Å². The van der Waals surface area contributed by atoms with Crippen LogP contribution in [-0.2, 0) is 16.1 Å². The average Bonchev–Trinajstić information content (AvgIpc) is 2.52. The Morgan fingerprint density at radius 3 is 2.25 bits per heavy atom. The molecule has 0 spiro atoms. The second kappa shape index (κ2) is 7.97. The van der Waals surface area contributed by atoms with Crippen molar-refractivity contribution < 1.29 is 19.4 Å². The van der Waals surface area contributed by atoms with Gasteiger partial charge in [0.05, 0.1) is 12.5 Å². The van der Waals surface area contributed by atoms with Crippen LogP contribution < -0.4 is 4.74 Å². The molecule has 0 unspecified atom stereocenters. The summed E-state index contributed by atoms with van der Waals surface area (Å²) in [6.45, 7) is 5.89. The highest BCUT2D eigenvalue weighted by molar-refractivity contribution is 5.70. The van der Waals surface area contributed by atoms with Crippen LogP contribution in [0.15, 0.2) is 54.6 Å². The molecule has 2 rings (SSSR count). The maximum Gasteiger partial charge on any atom is 0.309 e. The van der Waals surface area contributed by atoms with E-state index in [1.807, 2.05) is 30.3 Å². The molecule has 128 valence electrons. The zero-order valence-electron chi connectivity index (χ0n) is 14.4. The van der Waals surface area contributed by atoms with E-state index in [0.717, 1.165) is 5.56 Å². The van der Waals surface area contributed by atoms with Gasteiger partial charge >= 0.3 is 5.97 Å². The average molecular weight is 328 g/mol. The topological polar surface area (TPSA) is 55.8 Å². The second-order valence-electron chi connectivity index (χ2n) is 6.65. The number of aliphatic hydroxyl groups is 1. The first-order chi connectivity index (χ1) is 11.3. The number of esters is 1. The van der Waals surface area contributed by atoms with E-state index in [1.54, 1.807) is 45.0 Å². The number of aliphatic hydroxyl groups excluding tert-OH is 1. The standard InChI is InChI=1S/C20H24O4/c1-20(2,3)24-19(22)13-18(21)16-9-11-17(12-10-16)23-14-15-7-5-4-6-8-15/h4-12,18,21H,13-14H2,1-3H3/t18-/m0/s1. The zero-order valence-corrected chi connectivity index (χ0v) is 14.4. The molecule has 0 fully saturated rings. The summed E-state index contributed by atoms with van der Waals surface area (Å²) in [6.07, 6.45) is -0.954. The zero-order chi connectivity index (χ0) is 17.6. The fraction of sp³-hybridized carbons (Fsp3) is 0.350. The van der Waals surface area contributed by atoms with E-state index in [-0.39, 0.29) is 6.42 Å². The highest BCUT2D eigenvalue weighted by Gasteiger charge is 2.20. The molecule has 0 bridgehead atoms. The van der Waals surface area contributed by atoms with Gasteiger partial charge in [0.1, 0.15) is 18.0 Å². The number of benzene rings is 2. The van der Waals surface area contributed by atoms with Crippen molar-refractivity contribution in [3.63, 3.8) is 0 Å². The van der Waals surface area contributed by atoms with Gasteiger partial charge in [0.25, 0.3) is 0 Å². The molecule has 0 radical (unpaired) electrons. The third-order valence-electron chi connectivity index (χ3n) is 3.29. The minimum absolute atomic E-state index is 0.0680. The van der Waals surface area contributed by atoms with Gasteiger partial charge in [-0.2, -0.15) is 0 Å². The molecule has 0 aliphatic rings. The van der Waals surface area contributed by atoms with E-state index < -0.39 is 17.7 Å². The summed E-state index contributed by atoms with van der Waals surface area (Å²) in [7, 11) is 0. The van der Waals surface area contributed by atoms with Crippen molar-refractivity contribution in [2.24, 2.45) is 0 Å². The lowest BCUT2D eigenvalue weighted by atomic mass is 10.1. The van der Waals surface area contributed by atoms with Crippen LogP contribution in [0.2, 0.25) is 0 Å². The van der Waals surface area contributed by atoms with Gasteiger partial charge in [-0.1, -0.05) is 42.5 Å². The lowest BCUT2D eigenvalue weighted by Crippen LogP contribution is -2.24. The van der Waals surface area contributed by atoms with E-state index in [4.69, 9.17) is 9.47 Å². The predicted molar refractivity (Wildman–Crippen MR) is 92.6 cm³/mol. The van der Waals surface area contributed by atoms with Gasteiger partial charge in [0, 0.05) is 0 Å². The van der Waals surface area contributed by atoms with Crippen molar-refractivity contribution in [2.45, 2.75) is 45.5 Å². The Morgan fingerprint density at radius 1 is 1.04 bits per heavy atom. The smallest absolute Gasteiger partial charge is 0.309 e. The molecule has 0 saturated carbocycles. The molecule has 0 aromatic heterocycles. The van der Waals surface area contributed by atoms with Crippen molar-refractivity contribution >= 4 is 5.97 Å². The number of carbonyl (C=O) groups excluding carboxylic acids is 1. The molecular weight excluding hydrogens is 304 g/mol. The summed E-state index contributed by atoms with van der Waals surface area (Å²) >= 11 is 0. The van der Waals surface area contributed by atoms with E-state index in [0.29, 0.717) is 17.9 Å². The molecule has 0 aliphatic carbocycles. The minimum atomic E-state index is -0.886. The molecule has 1 N–H and O–H groups in total. The summed E-state index contributed by atoms with van der Waals surface area (Å²) in [5.41, 5.74) is 1.20. The molecular formula is C20H24O4. The van der Waals surface area contributed by atoms with Crippen molar-refractivity contribution in [3.8, 4) is 5.75 Å². The van der Waals surface area contributed by atoms with Gasteiger partial charge in [-0.15, -0.1) is 0 Å². The predicted octanol–water partition coefficient (Wildman–Crippen LogP) is 4.03. The highest BCUT2D eigenvalue weighted by atomic mass is 16.6. The van der Waals surface area contributed by atoms with Crippen molar-refractivity contribution in [2.75, 3.05) is 0 Å². The van der Waals surface area contributed by atoms with Gasteiger partial charge in [0.2, 0.25) is 0 Å². The van der Waals surface area contributed by atoms with Crippen LogP contribution in [0.25, 0.3) is 0 Å². The first-order valence-electron chi connectivity index (χ1n) is 8.00. The normalized spacial score (nSPS) is 12.5. The summed E-state index contributed by atoms with van der Waals surface area (Å²) in [4.78, 5) is 11.8. The maximum absolute atomic E-state index is 11.8. The van der Waals surface area contributed by atoms with Crippen LogP contribution in [0.4, 0.5) is 0 Å². The fourth-order valence-corrected chi connectivity index (χ4v) is 2.19. The molecule has 0 saturated heterocycles. The van der Waals surface area contributed by atoms with E-state index in [1.165, 1.54) is 0 Å². The van der Waals surface area contributed by atoms with Crippen molar-refractivity contribution in [1.82, 2.24) is 0 Å². The number of hydrogen-bond donors (Lipinski definition) is 1. The Morgan fingerprint density at radius 2 is 1.67 bits per heavy atom. The Hall–Kier alpha value is -2.33. The quantitative estimate of drug-likeness (QED) is 0.813. The summed E-state index contributed by atoms with van der Waals surface area (Å²) < 4.78 is 10.9. The SMILES string of the molecule is CC(C)(C)OC(=O)C[C@H](O)c1ccc(OCc2ccccc2)cc1. The Kier molecular flexibility index (Phi) is 5.99. The fourth-order valence-electron chi connectivity index (χ4n) is 2.19. The molecule has 0 amide bonds. The number of hydrogen-bond acceptors (Lipinski definition) is 4. The lowest BCUT2D eigenvalue weighted by Gasteiger charge is -2.20. The summed E-state index contributed by atoms with van der Waals surface area (Å²) in [6, 6.07) is 17.0. The van der Waals surface area contributed by atoms with Crippen LogP contribution >= 0.6 is 0 Å². The summed E-state index contributed by atoms with van der Waals surface area (Å²) in [5, 5.41) is 10.1. The van der Waals surface area contributed by atoms with Crippen LogP contribution in [0.1, 0.15) is 44.4 Å². The van der Waals surface area contributed by atoms with E-state index in [9.17, 15) is 9.90 Å².